The molecule has 0 aliphatic carbocycles. The van der Waals surface area contributed by atoms with Crippen LogP contribution < -0.4 is 10.6 Å². The highest BCUT2D eigenvalue weighted by Crippen LogP contribution is 2.21. The fourth-order valence-electron chi connectivity index (χ4n) is 2.08. The van der Waals surface area contributed by atoms with E-state index in [4.69, 9.17) is 0 Å². The highest BCUT2D eigenvalue weighted by Gasteiger charge is 2.20. The lowest BCUT2D eigenvalue weighted by Gasteiger charge is -2.11. The first-order valence-corrected chi connectivity index (χ1v) is 6.82. The summed E-state index contributed by atoms with van der Waals surface area (Å²) in [7, 11) is 0. The number of halogens is 4. The highest BCUT2D eigenvalue weighted by molar-refractivity contribution is 5.47. The van der Waals surface area contributed by atoms with Crippen LogP contribution >= 0.6 is 0 Å². The Morgan fingerprint density at radius 3 is 2.38 bits per heavy atom. The molecule has 0 amide bonds. The lowest BCUT2D eigenvalue weighted by atomic mass is 10.3. The molecule has 3 aromatic heterocycles. The number of anilines is 2. The molecule has 24 heavy (non-hydrogen) atoms. The van der Waals surface area contributed by atoms with E-state index in [0.29, 0.717) is 17.3 Å². The summed E-state index contributed by atoms with van der Waals surface area (Å²) in [6.45, 7) is 1.93. The van der Waals surface area contributed by atoms with Crippen molar-refractivity contribution < 1.29 is 17.6 Å². The molecule has 0 aliphatic rings. The summed E-state index contributed by atoms with van der Waals surface area (Å²) in [5.74, 6) is -5.62. The minimum Gasteiger partial charge on any atom is -0.378 e. The second kappa shape index (κ2) is 6.26. The summed E-state index contributed by atoms with van der Waals surface area (Å²) >= 11 is 0. The van der Waals surface area contributed by atoms with Crippen molar-refractivity contribution in [3.8, 4) is 0 Å². The molecule has 7 nitrogen and oxygen atoms in total. The van der Waals surface area contributed by atoms with Gasteiger partial charge in [0.2, 0.25) is 11.6 Å². The van der Waals surface area contributed by atoms with Crippen LogP contribution in [0.2, 0.25) is 0 Å². The highest BCUT2D eigenvalue weighted by atomic mass is 19.2. The van der Waals surface area contributed by atoms with Crippen molar-refractivity contribution in [2.24, 2.45) is 0 Å². The molecule has 3 aromatic rings. The lowest BCUT2D eigenvalue weighted by Crippen LogP contribution is -2.18. The number of rotatable bonds is 5. The van der Waals surface area contributed by atoms with Crippen LogP contribution in [0.1, 0.15) is 5.69 Å². The SMILES string of the molecule is Cc1cc(NCCNc2c(F)c(F)nc(F)c2F)n2ncnc2n1. The maximum atomic E-state index is 13.5. The summed E-state index contributed by atoms with van der Waals surface area (Å²) < 4.78 is 54.4. The van der Waals surface area contributed by atoms with E-state index in [-0.39, 0.29) is 13.1 Å². The van der Waals surface area contributed by atoms with Gasteiger partial charge in [-0.2, -0.15) is 37.1 Å². The largest absolute Gasteiger partial charge is 0.378 e. The van der Waals surface area contributed by atoms with Crippen LogP contribution in [0.15, 0.2) is 12.4 Å². The summed E-state index contributed by atoms with van der Waals surface area (Å²) in [6.07, 6.45) is 1.33. The van der Waals surface area contributed by atoms with Gasteiger partial charge in [-0.15, -0.1) is 0 Å². The Morgan fingerprint density at radius 1 is 1.00 bits per heavy atom. The number of nitrogens with zero attached hydrogens (tertiary/aromatic N) is 5. The van der Waals surface area contributed by atoms with Crippen molar-refractivity contribution in [2.75, 3.05) is 23.7 Å². The maximum absolute atomic E-state index is 13.5. The monoisotopic (exact) mass is 341 g/mol. The summed E-state index contributed by atoms with van der Waals surface area (Å²) in [4.78, 5) is 10.6. The van der Waals surface area contributed by atoms with Gasteiger partial charge in [-0.25, -0.2) is 4.98 Å². The van der Waals surface area contributed by atoms with Gasteiger partial charge in [0.15, 0.2) is 0 Å². The summed E-state index contributed by atoms with van der Waals surface area (Å²) in [5.41, 5.74) is -0.208. The van der Waals surface area contributed by atoms with Crippen LogP contribution in [-0.2, 0) is 0 Å². The van der Waals surface area contributed by atoms with Gasteiger partial charge in [0.25, 0.3) is 17.7 Å². The predicted molar refractivity (Wildman–Crippen MR) is 76.6 cm³/mol. The first-order valence-electron chi connectivity index (χ1n) is 6.82. The van der Waals surface area contributed by atoms with Crippen molar-refractivity contribution in [2.45, 2.75) is 6.92 Å². The van der Waals surface area contributed by atoms with E-state index in [1.807, 2.05) is 0 Å². The van der Waals surface area contributed by atoms with Crippen molar-refractivity contribution in [1.82, 2.24) is 24.6 Å². The quantitative estimate of drug-likeness (QED) is 0.419. The summed E-state index contributed by atoms with van der Waals surface area (Å²) in [6, 6.07) is 1.70. The molecular formula is C13H11F4N7. The molecule has 0 atom stereocenters. The molecule has 0 aromatic carbocycles. The first-order chi connectivity index (χ1) is 11.5. The van der Waals surface area contributed by atoms with E-state index in [2.05, 4.69) is 30.7 Å². The molecule has 0 fully saturated rings. The van der Waals surface area contributed by atoms with Crippen molar-refractivity contribution in [1.29, 1.82) is 0 Å². The Kier molecular flexibility index (Phi) is 4.15. The average molecular weight is 341 g/mol. The standard InChI is InChI=1S/C13H11F4N7/c1-6-4-7(24-13(22-6)20-5-21-24)18-2-3-19-10-8(14)11(16)23-12(17)9(10)15/h4-5,18H,2-3H2,1H3,(H,19,23). The van der Waals surface area contributed by atoms with E-state index in [0.717, 1.165) is 0 Å². The Labute approximate surface area is 132 Å². The van der Waals surface area contributed by atoms with Crippen LogP contribution in [0.5, 0.6) is 0 Å². The molecule has 0 unspecified atom stereocenters. The third kappa shape index (κ3) is 2.92. The minimum absolute atomic E-state index is 0.0195. The molecule has 0 spiro atoms. The van der Waals surface area contributed by atoms with E-state index >= 15 is 0 Å². The molecule has 2 N–H and O–H groups in total. The Hall–Kier alpha value is -2.98. The number of hydrogen-bond acceptors (Lipinski definition) is 6. The van der Waals surface area contributed by atoms with Gasteiger partial charge in [-0.1, -0.05) is 0 Å². The van der Waals surface area contributed by atoms with Crippen molar-refractivity contribution in [3.05, 3.63) is 41.6 Å². The van der Waals surface area contributed by atoms with E-state index in [1.54, 1.807) is 13.0 Å². The molecule has 0 saturated heterocycles. The zero-order chi connectivity index (χ0) is 17.3. The average Bonchev–Trinajstić information content (AvgIpc) is 3.00. The van der Waals surface area contributed by atoms with E-state index in [1.165, 1.54) is 10.8 Å². The van der Waals surface area contributed by atoms with Crippen LogP contribution in [0.3, 0.4) is 0 Å². The van der Waals surface area contributed by atoms with Gasteiger partial charge in [-0.05, 0) is 6.92 Å². The molecule has 0 radical (unpaired) electrons. The third-order valence-corrected chi connectivity index (χ3v) is 3.11. The normalized spacial score (nSPS) is 11.0. The molecule has 11 heteroatoms. The predicted octanol–water partition coefficient (Wildman–Crippen LogP) is 1.91. The maximum Gasteiger partial charge on any atom is 0.254 e. The van der Waals surface area contributed by atoms with Gasteiger partial charge in [-0.3, -0.25) is 0 Å². The van der Waals surface area contributed by atoms with Crippen LogP contribution in [0.4, 0.5) is 29.1 Å². The first kappa shape index (κ1) is 15.9. The van der Waals surface area contributed by atoms with Crippen molar-refractivity contribution in [3.63, 3.8) is 0 Å². The van der Waals surface area contributed by atoms with E-state index < -0.39 is 29.2 Å². The van der Waals surface area contributed by atoms with Gasteiger partial charge in [0, 0.05) is 24.8 Å². The number of fused-ring (bicyclic) bond motifs is 1. The number of nitrogens with one attached hydrogen (secondary N) is 2. The Bertz CT molecular complexity index is 869. The minimum atomic E-state index is -1.71. The van der Waals surface area contributed by atoms with Crippen LogP contribution in [0.25, 0.3) is 5.78 Å². The molecule has 0 saturated carbocycles. The Balaban J connectivity index is 1.68. The number of hydrogen-bond donors (Lipinski definition) is 2. The van der Waals surface area contributed by atoms with Gasteiger partial charge in [0.1, 0.15) is 17.8 Å². The second-order valence-corrected chi connectivity index (χ2v) is 4.80. The zero-order valence-electron chi connectivity index (χ0n) is 12.3. The molecule has 3 heterocycles. The summed E-state index contributed by atoms with van der Waals surface area (Å²) in [5, 5.41) is 9.24. The van der Waals surface area contributed by atoms with Gasteiger partial charge >= 0.3 is 0 Å². The van der Waals surface area contributed by atoms with Crippen molar-refractivity contribution >= 4 is 17.3 Å². The molecule has 0 aliphatic heterocycles. The number of aryl methyl sites for hydroxylation is 1. The fraction of sp³-hybridized carbons (Fsp3) is 0.231. The van der Waals surface area contributed by atoms with Gasteiger partial charge in [0.05, 0.1) is 0 Å². The topological polar surface area (TPSA) is 80.0 Å². The van der Waals surface area contributed by atoms with Gasteiger partial charge < -0.3 is 10.6 Å². The van der Waals surface area contributed by atoms with E-state index in [9.17, 15) is 17.6 Å². The lowest BCUT2D eigenvalue weighted by molar-refractivity contribution is 0.411. The second-order valence-electron chi connectivity index (χ2n) is 4.80. The molecule has 126 valence electrons. The molecule has 0 bridgehead atoms. The zero-order valence-corrected chi connectivity index (χ0v) is 12.3. The Morgan fingerprint density at radius 2 is 1.67 bits per heavy atom. The smallest absolute Gasteiger partial charge is 0.254 e. The third-order valence-electron chi connectivity index (χ3n) is 3.11. The van der Waals surface area contributed by atoms with Crippen LogP contribution in [0, 0.1) is 30.5 Å². The number of pyridine rings is 1. The van der Waals surface area contributed by atoms with Crippen LogP contribution in [-0.4, -0.2) is 37.7 Å². The molecule has 3 rings (SSSR count). The molecular weight excluding hydrogens is 330 g/mol. The fourth-order valence-corrected chi connectivity index (χ4v) is 2.08. The number of aromatic nitrogens is 5.